The van der Waals surface area contributed by atoms with E-state index in [9.17, 15) is 4.79 Å². The molecule has 38 heavy (non-hydrogen) atoms. The fourth-order valence-corrected chi connectivity index (χ4v) is 5.34. The first kappa shape index (κ1) is 27.6. The van der Waals surface area contributed by atoms with Gasteiger partial charge in [0.25, 0.3) is 0 Å². The van der Waals surface area contributed by atoms with Crippen LogP contribution in [0.1, 0.15) is 45.1 Å². The number of hydrogen-bond acceptors (Lipinski definition) is 4. The van der Waals surface area contributed by atoms with E-state index in [0.29, 0.717) is 31.8 Å². The summed E-state index contributed by atoms with van der Waals surface area (Å²) < 4.78 is 11.8. The van der Waals surface area contributed by atoms with Gasteiger partial charge in [-0.25, -0.2) is 0 Å². The van der Waals surface area contributed by atoms with Crippen molar-refractivity contribution in [2.75, 3.05) is 18.5 Å². The molecule has 0 spiro atoms. The van der Waals surface area contributed by atoms with Gasteiger partial charge in [0.2, 0.25) is 10.8 Å². The van der Waals surface area contributed by atoms with Gasteiger partial charge in [-0.05, 0) is 48.2 Å². The first-order valence-corrected chi connectivity index (χ1v) is 14.3. The minimum atomic E-state index is -0.0449. The Hall–Kier alpha value is -3.48. The highest BCUT2D eigenvalue weighted by Crippen LogP contribution is 2.41. The third-order valence-corrected chi connectivity index (χ3v) is 7.60. The summed E-state index contributed by atoms with van der Waals surface area (Å²) in [7, 11) is 0. The molecule has 0 saturated carbocycles. The van der Waals surface area contributed by atoms with E-state index in [4.69, 9.17) is 21.7 Å². The van der Waals surface area contributed by atoms with Crippen LogP contribution in [0.2, 0.25) is 0 Å². The Morgan fingerprint density at radius 2 is 1.42 bits per heavy atom. The molecule has 0 aliphatic rings. The number of ether oxygens (including phenoxy) is 2. The summed E-state index contributed by atoms with van der Waals surface area (Å²) in [6.07, 6.45) is 2.68. The molecule has 6 heteroatoms. The van der Waals surface area contributed by atoms with E-state index in [-0.39, 0.29) is 5.91 Å². The Labute approximate surface area is 234 Å². The molecule has 0 radical (unpaired) electrons. The molecule has 4 nitrogen and oxygen atoms in total. The van der Waals surface area contributed by atoms with Crippen molar-refractivity contribution in [1.29, 1.82) is 0 Å². The number of amides is 1. The average molecular weight is 545 g/mol. The van der Waals surface area contributed by atoms with E-state index in [1.807, 2.05) is 54.6 Å². The molecule has 0 atom stereocenters. The number of carbonyl (C=O) groups excluding carboxylic acids is 1. The quantitative estimate of drug-likeness (QED) is 0.0806. The number of hydrogen-bond donors (Lipinski definition) is 1. The smallest absolute Gasteiger partial charge is 0.224 e. The predicted molar refractivity (Wildman–Crippen MR) is 164 cm³/mol. The number of anilines is 1. The van der Waals surface area contributed by atoms with E-state index < -0.39 is 0 Å². The van der Waals surface area contributed by atoms with Crippen LogP contribution in [0.5, 0.6) is 11.5 Å². The van der Waals surface area contributed by atoms with Crippen molar-refractivity contribution in [2.24, 2.45) is 0 Å². The van der Waals surface area contributed by atoms with Crippen molar-refractivity contribution in [3.05, 3.63) is 90.5 Å². The van der Waals surface area contributed by atoms with Gasteiger partial charge in [0, 0.05) is 23.3 Å². The zero-order valence-electron chi connectivity index (χ0n) is 21.9. The zero-order chi connectivity index (χ0) is 26.7. The highest BCUT2D eigenvalue weighted by Gasteiger charge is 2.18. The Bertz CT molecular complexity index is 1350. The molecule has 1 amide bonds. The minimum absolute atomic E-state index is 0.0449. The number of thiophene rings is 1. The summed E-state index contributed by atoms with van der Waals surface area (Å²) in [4.78, 5) is 16.1. The summed E-state index contributed by atoms with van der Waals surface area (Å²) in [5.74, 6) is 1.41. The number of thiol groups is 1. The van der Waals surface area contributed by atoms with E-state index in [2.05, 4.69) is 49.5 Å². The molecule has 0 aliphatic heterocycles. The first-order chi connectivity index (χ1) is 18.6. The maximum Gasteiger partial charge on any atom is 0.224 e. The van der Waals surface area contributed by atoms with Crippen LogP contribution in [-0.4, -0.2) is 24.0 Å². The Kier molecular flexibility index (Phi) is 10.1. The van der Waals surface area contributed by atoms with Gasteiger partial charge in [-0.2, -0.15) is 0 Å². The molecule has 0 bridgehead atoms. The van der Waals surface area contributed by atoms with Gasteiger partial charge in [-0.15, -0.1) is 11.3 Å². The van der Waals surface area contributed by atoms with Gasteiger partial charge < -0.3 is 14.8 Å². The summed E-state index contributed by atoms with van der Waals surface area (Å²) in [5.41, 5.74) is 3.98. The second-order valence-corrected chi connectivity index (χ2v) is 10.5. The molecule has 3 aromatic carbocycles. The summed E-state index contributed by atoms with van der Waals surface area (Å²) in [6.45, 7) is 5.41. The molecular formula is C32H34NO3S2+. The second kappa shape index (κ2) is 13.9. The maximum absolute atomic E-state index is 13.1. The zero-order valence-corrected chi connectivity index (χ0v) is 23.6. The summed E-state index contributed by atoms with van der Waals surface area (Å²) in [5, 5.41) is 3.16. The number of nitrogens with one attached hydrogen (secondary N) is 1. The molecule has 4 rings (SSSR count). The van der Waals surface area contributed by atoms with Crippen molar-refractivity contribution >= 4 is 40.0 Å². The van der Waals surface area contributed by atoms with Crippen molar-refractivity contribution < 1.29 is 14.3 Å². The monoisotopic (exact) mass is 544 g/mol. The third kappa shape index (κ3) is 7.30. The van der Waals surface area contributed by atoms with E-state index in [0.717, 1.165) is 55.6 Å². The standard InChI is InChI=1S/C32H33NO3S2/c1-3-19-35-27-16-15-25(21-28(27)36-20-4-2)29(37)17-18-31(34)33-26-22-30(23-11-7-5-8-12-23)38-32(26)24-13-9-6-10-14-24/h5-16,21-22H,3-4,17-20H2,1-2H3,(H,33,34)/p+1. The van der Waals surface area contributed by atoms with E-state index in [1.54, 1.807) is 11.3 Å². The van der Waals surface area contributed by atoms with Crippen LogP contribution in [0, 0.1) is 0 Å². The molecule has 4 aromatic rings. The number of carbonyl (C=O) groups is 1. The fraction of sp³-hybridized carbons (Fsp3) is 0.250. The lowest BCUT2D eigenvalue weighted by atomic mass is 10.1. The van der Waals surface area contributed by atoms with Gasteiger partial charge in [0.15, 0.2) is 23.7 Å². The molecule has 0 saturated heterocycles. The molecule has 0 unspecified atom stereocenters. The van der Waals surface area contributed by atoms with E-state index in [1.165, 1.54) is 0 Å². The Balaban J connectivity index is 1.46. The minimum Gasteiger partial charge on any atom is -0.490 e. The molecule has 0 fully saturated rings. The summed E-state index contributed by atoms with van der Waals surface area (Å²) >= 11 is 6.42. The van der Waals surface area contributed by atoms with Crippen molar-refractivity contribution in [2.45, 2.75) is 39.5 Å². The van der Waals surface area contributed by atoms with Gasteiger partial charge in [0.05, 0.1) is 23.8 Å². The third-order valence-electron chi connectivity index (χ3n) is 5.89. The SMILES string of the molecule is CCCOc1ccc(C(=[SH+])CCC(=O)Nc2cc(-c3ccccc3)sc2-c2ccccc2)cc1OCCC. The van der Waals surface area contributed by atoms with Crippen molar-refractivity contribution in [1.82, 2.24) is 0 Å². The van der Waals surface area contributed by atoms with Crippen molar-refractivity contribution in [3.8, 4) is 32.4 Å². The first-order valence-electron chi connectivity index (χ1n) is 13.1. The Morgan fingerprint density at radius 1 is 0.789 bits per heavy atom. The lowest BCUT2D eigenvalue weighted by Crippen LogP contribution is -2.14. The number of benzene rings is 3. The average Bonchev–Trinajstić information content (AvgIpc) is 3.38. The van der Waals surface area contributed by atoms with Gasteiger partial charge in [-0.1, -0.05) is 74.5 Å². The van der Waals surface area contributed by atoms with Gasteiger partial charge >= 0.3 is 0 Å². The van der Waals surface area contributed by atoms with Crippen molar-refractivity contribution in [3.63, 3.8) is 0 Å². The van der Waals surface area contributed by atoms with Gasteiger partial charge in [-0.3, -0.25) is 4.79 Å². The molecule has 1 heterocycles. The lowest BCUT2D eigenvalue weighted by Gasteiger charge is -2.13. The van der Waals surface area contributed by atoms with Crippen LogP contribution < -0.4 is 14.8 Å². The molecule has 196 valence electrons. The fourth-order valence-electron chi connectivity index (χ4n) is 3.97. The lowest BCUT2D eigenvalue weighted by molar-refractivity contribution is -0.116. The largest absolute Gasteiger partial charge is 0.490 e. The maximum atomic E-state index is 13.1. The van der Waals surface area contributed by atoms with Crippen LogP contribution in [0.3, 0.4) is 0 Å². The summed E-state index contributed by atoms with van der Waals surface area (Å²) in [6, 6.07) is 28.3. The van der Waals surface area contributed by atoms with Crippen LogP contribution >= 0.6 is 11.3 Å². The van der Waals surface area contributed by atoms with E-state index >= 15 is 0 Å². The predicted octanol–water partition coefficient (Wildman–Crippen LogP) is 7.88. The highest BCUT2D eigenvalue weighted by atomic mass is 32.1. The normalized spacial score (nSPS) is 10.7. The molecule has 1 N–H and O–H groups in total. The molecule has 0 aliphatic carbocycles. The van der Waals surface area contributed by atoms with Crippen LogP contribution in [0.4, 0.5) is 5.69 Å². The Morgan fingerprint density at radius 3 is 2.08 bits per heavy atom. The second-order valence-electron chi connectivity index (χ2n) is 8.94. The highest BCUT2D eigenvalue weighted by molar-refractivity contribution is 7.60. The van der Waals surface area contributed by atoms with Gasteiger partial charge in [0.1, 0.15) is 0 Å². The van der Waals surface area contributed by atoms with Crippen LogP contribution in [0.15, 0.2) is 84.9 Å². The molecular weight excluding hydrogens is 510 g/mol. The van der Waals surface area contributed by atoms with Crippen LogP contribution in [-0.2, 0) is 17.0 Å². The topological polar surface area (TPSA) is 47.6 Å². The van der Waals surface area contributed by atoms with Crippen LogP contribution in [0.25, 0.3) is 20.9 Å². The number of rotatable bonds is 13. The molecule has 1 aromatic heterocycles.